The molecule has 0 amide bonds. The van der Waals surface area contributed by atoms with Gasteiger partial charge in [-0.1, -0.05) is 0 Å². The molecule has 2 N–H and O–H groups in total. The highest BCUT2D eigenvalue weighted by atomic mass is 79.9. The molecule has 0 spiro atoms. The second-order valence-corrected chi connectivity index (χ2v) is 3.14. The molecule has 1 rings (SSSR count). The maximum atomic E-state index is 13.1. The highest BCUT2D eigenvalue weighted by Gasteiger charge is 2.07. The Hall–Kier alpha value is -0.610. The van der Waals surface area contributed by atoms with E-state index in [2.05, 4.69) is 15.9 Å². The Morgan fingerprint density at radius 2 is 2.25 bits per heavy atom. The zero-order valence-electron chi connectivity index (χ0n) is 6.60. The first-order chi connectivity index (χ1) is 5.69. The summed E-state index contributed by atoms with van der Waals surface area (Å²) in [6.07, 6.45) is 0. The largest absolute Gasteiger partial charge is 0.497 e. The van der Waals surface area contributed by atoms with Crippen molar-refractivity contribution in [1.82, 2.24) is 0 Å². The summed E-state index contributed by atoms with van der Waals surface area (Å²) in [4.78, 5) is 0. The third kappa shape index (κ3) is 1.76. The van der Waals surface area contributed by atoms with E-state index in [4.69, 9.17) is 10.5 Å². The Morgan fingerprint density at radius 1 is 1.58 bits per heavy atom. The van der Waals surface area contributed by atoms with Gasteiger partial charge in [0.25, 0.3) is 0 Å². The van der Waals surface area contributed by atoms with Crippen LogP contribution in [0.5, 0.6) is 5.75 Å². The van der Waals surface area contributed by atoms with E-state index in [1.165, 1.54) is 7.11 Å². The SMILES string of the molecule is COc1cc(Br)c(F)c(CN)c1. The molecule has 0 heterocycles. The lowest BCUT2D eigenvalue weighted by Crippen LogP contribution is -2.01. The number of nitrogens with two attached hydrogens (primary N) is 1. The molecule has 0 saturated carbocycles. The molecule has 1 aromatic rings. The molecule has 0 aromatic heterocycles. The van der Waals surface area contributed by atoms with Crippen LogP contribution < -0.4 is 10.5 Å². The molecule has 0 radical (unpaired) electrons. The zero-order valence-corrected chi connectivity index (χ0v) is 8.19. The van der Waals surface area contributed by atoms with E-state index in [1.807, 2.05) is 0 Å². The number of hydrogen-bond donors (Lipinski definition) is 1. The highest BCUT2D eigenvalue weighted by Crippen LogP contribution is 2.25. The van der Waals surface area contributed by atoms with Crippen molar-refractivity contribution in [2.45, 2.75) is 6.54 Å². The first-order valence-corrected chi connectivity index (χ1v) is 4.20. The van der Waals surface area contributed by atoms with Gasteiger partial charge in [0.2, 0.25) is 0 Å². The van der Waals surface area contributed by atoms with Crippen molar-refractivity contribution in [3.8, 4) is 5.75 Å². The minimum absolute atomic E-state index is 0.168. The fourth-order valence-electron chi connectivity index (χ4n) is 0.885. The maximum Gasteiger partial charge on any atom is 0.142 e. The van der Waals surface area contributed by atoms with Crippen LogP contribution in [0.3, 0.4) is 0 Å². The fraction of sp³-hybridized carbons (Fsp3) is 0.250. The maximum absolute atomic E-state index is 13.1. The summed E-state index contributed by atoms with van der Waals surface area (Å²) >= 11 is 3.07. The normalized spacial score (nSPS) is 10.0. The van der Waals surface area contributed by atoms with E-state index in [0.29, 0.717) is 15.8 Å². The van der Waals surface area contributed by atoms with Crippen LogP contribution >= 0.6 is 15.9 Å². The van der Waals surface area contributed by atoms with E-state index in [0.717, 1.165) is 0 Å². The van der Waals surface area contributed by atoms with Gasteiger partial charge in [-0.15, -0.1) is 0 Å². The quantitative estimate of drug-likeness (QED) is 0.849. The zero-order chi connectivity index (χ0) is 9.14. The number of ether oxygens (including phenoxy) is 1. The topological polar surface area (TPSA) is 35.2 Å². The van der Waals surface area contributed by atoms with Gasteiger partial charge in [-0.2, -0.15) is 0 Å². The summed E-state index contributed by atoms with van der Waals surface area (Å²) in [5.41, 5.74) is 5.77. The standard InChI is InChI=1S/C8H9BrFNO/c1-12-6-2-5(4-11)8(10)7(9)3-6/h2-3H,4,11H2,1H3. The van der Waals surface area contributed by atoms with Gasteiger partial charge >= 0.3 is 0 Å². The third-order valence-electron chi connectivity index (χ3n) is 1.53. The first-order valence-electron chi connectivity index (χ1n) is 3.41. The summed E-state index contributed by atoms with van der Waals surface area (Å²) in [7, 11) is 1.53. The Labute approximate surface area is 78.6 Å². The Kier molecular flexibility index (Phi) is 3.05. The third-order valence-corrected chi connectivity index (χ3v) is 2.11. The molecular weight excluding hydrogens is 225 g/mol. The monoisotopic (exact) mass is 233 g/mol. The lowest BCUT2D eigenvalue weighted by Gasteiger charge is -2.05. The van der Waals surface area contributed by atoms with Crippen molar-refractivity contribution < 1.29 is 9.13 Å². The van der Waals surface area contributed by atoms with Gasteiger partial charge in [0.15, 0.2) is 0 Å². The van der Waals surface area contributed by atoms with Gasteiger partial charge < -0.3 is 10.5 Å². The van der Waals surface area contributed by atoms with Crippen LogP contribution in [-0.4, -0.2) is 7.11 Å². The number of rotatable bonds is 2. The van der Waals surface area contributed by atoms with Crippen molar-refractivity contribution >= 4 is 15.9 Å². The van der Waals surface area contributed by atoms with Gasteiger partial charge in [-0.25, -0.2) is 4.39 Å². The lowest BCUT2D eigenvalue weighted by molar-refractivity contribution is 0.412. The molecule has 0 bridgehead atoms. The van der Waals surface area contributed by atoms with Crippen LogP contribution in [0.25, 0.3) is 0 Å². The molecule has 2 nitrogen and oxygen atoms in total. The molecule has 0 unspecified atom stereocenters. The van der Waals surface area contributed by atoms with E-state index in [9.17, 15) is 4.39 Å². The molecule has 12 heavy (non-hydrogen) atoms. The second-order valence-electron chi connectivity index (χ2n) is 2.29. The summed E-state index contributed by atoms with van der Waals surface area (Å²) < 4.78 is 18.5. The molecule has 0 aliphatic rings. The van der Waals surface area contributed by atoms with E-state index in [1.54, 1.807) is 12.1 Å². The fourth-order valence-corrected chi connectivity index (χ4v) is 1.37. The molecule has 66 valence electrons. The van der Waals surface area contributed by atoms with Crippen molar-refractivity contribution in [3.05, 3.63) is 28.0 Å². The molecule has 1 aromatic carbocycles. The van der Waals surface area contributed by atoms with Crippen LogP contribution in [0.2, 0.25) is 0 Å². The minimum Gasteiger partial charge on any atom is -0.497 e. The Morgan fingerprint density at radius 3 is 2.75 bits per heavy atom. The number of halogens is 2. The van der Waals surface area contributed by atoms with Crippen molar-refractivity contribution in [2.75, 3.05) is 7.11 Å². The van der Waals surface area contributed by atoms with Crippen molar-refractivity contribution in [2.24, 2.45) is 5.73 Å². The second kappa shape index (κ2) is 3.87. The predicted octanol–water partition coefficient (Wildman–Crippen LogP) is 2.06. The van der Waals surface area contributed by atoms with Gasteiger partial charge in [-0.05, 0) is 28.1 Å². The summed E-state index contributed by atoms with van der Waals surface area (Å²) in [5.74, 6) is 0.280. The summed E-state index contributed by atoms with van der Waals surface area (Å²) in [5, 5.41) is 0. The summed E-state index contributed by atoms with van der Waals surface area (Å²) in [6.45, 7) is 0.168. The molecule has 0 atom stereocenters. The minimum atomic E-state index is -0.321. The predicted molar refractivity (Wildman–Crippen MR) is 48.5 cm³/mol. The number of benzene rings is 1. The van der Waals surface area contributed by atoms with Crippen LogP contribution in [-0.2, 0) is 6.54 Å². The van der Waals surface area contributed by atoms with Crippen molar-refractivity contribution in [3.63, 3.8) is 0 Å². The Bertz CT molecular complexity index is 291. The van der Waals surface area contributed by atoms with Gasteiger partial charge in [0, 0.05) is 12.1 Å². The van der Waals surface area contributed by atoms with Crippen LogP contribution in [0.15, 0.2) is 16.6 Å². The smallest absolute Gasteiger partial charge is 0.142 e. The lowest BCUT2D eigenvalue weighted by atomic mass is 10.2. The van der Waals surface area contributed by atoms with E-state index >= 15 is 0 Å². The molecule has 0 aliphatic carbocycles. The Balaban J connectivity index is 3.19. The van der Waals surface area contributed by atoms with E-state index in [-0.39, 0.29) is 12.4 Å². The van der Waals surface area contributed by atoms with Crippen LogP contribution in [0, 0.1) is 5.82 Å². The van der Waals surface area contributed by atoms with E-state index < -0.39 is 0 Å². The average Bonchev–Trinajstić information content (AvgIpc) is 2.09. The molecule has 0 saturated heterocycles. The van der Waals surface area contributed by atoms with Gasteiger partial charge in [-0.3, -0.25) is 0 Å². The average molecular weight is 234 g/mol. The van der Waals surface area contributed by atoms with Crippen LogP contribution in [0.1, 0.15) is 5.56 Å². The van der Waals surface area contributed by atoms with Gasteiger partial charge in [0.05, 0.1) is 11.6 Å². The van der Waals surface area contributed by atoms with Crippen LogP contribution in [0.4, 0.5) is 4.39 Å². The molecular formula is C8H9BrFNO. The number of methoxy groups -OCH3 is 1. The molecule has 4 heteroatoms. The summed E-state index contributed by atoms with van der Waals surface area (Å²) in [6, 6.07) is 3.15. The number of hydrogen-bond acceptors (Lipinski definition) is 2. The van der Waals surface area contributed by atoms with Crippen molar-refractivity contribution in [1.29, 1.82) is 0 Å². The molecule has 0 fully saturated rings. The van der Waals surface area contributed by atoms with Gasteiger partial charge in [0.1, 0.15) is 11.6 Å². The molecule has 0 aliphatic heterocycles. The first kappa shape index (κ1) is 9.48. The highest BCUT2D eigenvalue weighted by molar-refractivity contribution is 9.10.